The van der Waals surface area contributed by atoms with Crippen molar-refractivity contribution in [3.63, 3.8) is 0 Å². The van der Waals surface area contributed by atoms with Crippen molar-refractivity contribution in [1.29, 1.82) is 0 Å². The van der Waals surface area contributed by atoms with E-state index >= 15 is 0 Å². The molecule has 1 unspecified atom stereocenters. The van der Waals surface area contributed by atoms with Gasteiger partial charge in [-0.25, -0.2) is 5.11 Å². The largest absolute Gasteiger partial charge is 0.276 e. The lowest BCUT2D eigenvalue weighted by molar-refractivity contribution is -0.0496. The smallest absolute Gasteiger partial charge is 0.146 e. The molecule has 0 rings (SSSR count). The van der Waals surface area contributed by atoms with Gasteiger partial charge in [0.05, 0.1) is 0 Å². The van der Waals surface area contributed by atoms with E-state index in [0.717, 1.165) is 32.4 Å². The van der Waals surface area contributed by atoms with Crippen molar-refractivity contribution >= 4 is 0 Å². The van der Waals surface area contributed by atoms with Crippen molar-refractivity contribution in [2.75, 3.05) is 13.1 Å². The van der Waals surface area contributed by atoms with E-state index in [1.54, 1.807) is 0 Å². The second-order valence-electron chi connectivity index (χ2n) is 2.82. The van der Waals surface area contributed by atoms with Gasteiger partial charge < -0.3 is 0 Å². The third-order valence-electron chi connectivity index (χ3n) is 2.02. The predicted octanol–water partition coefficient (Wildman–Crippen LogP) is 2.28. The fourth-order valence-corrected chi connectivity index (χ4v) is 1.19. The van der Waals surface area contributed by atoms with Gasteiger partial charge in [-0.3, -0.25) is 4.90 Å². The van der Waals surface area contributed by atoms with Crippen LogP contribution in [-0.2, 0) is 5.11 Å². The van der Waals surface area contributed by atoms with Crippen LogP contribution in [0.4, 0.5) is 0 Å². The van der Waals surface area contributed by atoms with Gasteiger partial charge in [0.1, 0.15) is 6.23 Å². The molecule has 67 valence electrons. The van der Waals surface area contributed by atoms with Crippen LogP contribution in [0.25, 0.3) is 0 Å². The summed E-state index contributed by atoms with van der Waals surface area (Å²) in [6, 6.07) is 0. The maximum Gasteiger partial charge on any atom is 0.146 e. The van der Waals surface area contributed by atoms with Gasteiger partial charge in [0.15, 0.2) is 0 Å². The zero-order valence-corrected chi connectivity index (χ0v) is 7.97. The average Bonchev–Trinajstić information content (AvgIpc) is 2.03. The van der Waals surface area contributed by atoms with Gasteiger partial charge >= 0.3 is 0 Å². The van der Waals surface area contributed by atoms with Crippen molar-refractivity contribution in [2.24, 2.45) is 0 Å². The Morgan fingerprint density at radius 3 is 2.09 bits per heavy atom. The average molecular weight is 158 g/mol. The summed E-state index contributed by atoms with van der Waals surface area (Å²) >= 11 is 0. The SMILES string of the molecule is CCCCC([O])N(CC)CC. The summed E-state index contributed by atoms with van der Waals surface area (Å²) < 4.78 is 0. The number of hydrogen-bond donors (Lipinski definition) is 0. The fourth-order valence-electron chi connectivity index (χ4n) is 1.19. The highest BCUT2D eigenvalue weighted by molar-refractivity contribution is 4.56. The number of unbranched alkanes of at least 4 members (excludes halogenated alkanes) is 1. The molecule has 0 heterocycles. The molecule has 0 aromatic carbocycles. The van der Waals surface area contributed by atoms with E-state index in [1.165, 1.54) is 0 Å². The van der Waals surface area contributed by atoms with E-state index in [0.29, 0.717) is 0 Å². The summed E-state index contributed by atoms with van der Waals surface area (Å²) in [5, 5.41) is 11.4. The Kier molecular flexibility index (Phi) is 6.57. The number of nitrogens with zero attached hydrogens (tertiary/aromatic N) is 1. The van der Waals surface area contributed by atoms with Crippen molar-refractivity contribution in [2.45, 2.75) is 46.3 Å². The van der Waals surface area contributed by atoms with Crippen LogP contribution in [0.3, 0.4) is 0 Å². The minimum Gasteiger partial charge on any atom is -0.276 e. The van der Waals surface area contributed by atoms with Crippen LogP contribution in [-0.4, -0.2) is 24.2 Å². The third kappa shape index (κ3) is 4.38. The molecular formula is C9H20NO. The van der Waals surface area contributed by atoms with E-state index in [-0.39, 0.29) is 0 Å². The molecule has 0 saturated heterocycles. The van der Waals surface area contributed by atoms with Crippen molar-refractivity contribution < 1.29 is 5.11 Å². The van der Waals surface area contributed by atoms with Crippen LogP contribution in [0, 0.1) is 0 Å². The Balaban J connectivity index is 3.51. The molecule has 0 fully saturated rings. The number of hydrogen-bond acceptors (Lipinski definition) is 1. The minimum absolute atomic E-state index is 0.468. The molecule has 0 spiro atoms. The van der Waals surface area contributed by atoms with Crippen LogP contribution >= 0.6 is 0 Å². The monoisotopic (exact) mass is 158 g/mol. The van der Waals surface area contributed by atoms with Crippen LogP contribution in [0.2, 0.25) is 0 Å². The Hall–Kier alpha value is -0.0800. The first-order chi connectivity index (χ1) is 5.26. The lowest BCUT2D eigenvalue weighted by Gasteiger charge is -2.22. The predicted molar refractivity (Wildman–Crippen MR) is 46.9 cm³/mol. The second-order valence-corrected chi connectivity index (χ2v) is 2.82. The van der Waals surface area contributed by atoms with E-state index in [2.05, 4.69) is 6.92 Å². The Bertz CT molecular complexity index is 81.6. The standard InChI is InChI=1S/C9H20NO/c1-4-7-8-9(11)10(5-2)6-3/h9H,4-8H2,1-3H3. The van der Waals surface area contributed by atoms with E-state index in [1.807, 2.05) is 18.7 Å². The Labute approximate surface area is 70.2 Å². The molecule has 0 aliphatic rings. The van der Waals surface area contributed by atoms with Crippen molar-refractivity contribution in [1.82, 2.24) is 4.90 Å². The molecule has 11 heavy (non-hydrogen) atoms. The quantitative estimate of drug-likeness (QED) is 0.544. The number of rotatable bonds is 6. The summed E-state index contributed by atoms with van der Waals surface area (Å²) in [6.45, 7) is 7.97. The molecule has 2 heteroatoms. The molecule has 0 aliphatic carbocycles. The first-order valence-corrected chi connectivity index (χ1v) is 4.66. The molecule has 0 aromatic heterocycles. The summed E-state index contributed by atoms with van der Waals surface area (Å²) in [7, 11) is 0. The van der Waals surface area contributed by atoms with Crippen LogP contribution < -0.4 is 0 Å². The highest BCUT2D eigenvalue weighted by Gasteiger charge is 2.11. The summed E-state index contributed by atoms with van der Waals surface area (Å²) in [4.78, 5) is 1.97. The maximum atomic E-state index is 11.4. The molecular weight excluding hydrogens is 138 g/mol. The normalized spacial score (nSPS) is 13.9. The molecule has 0 amide bonds. The molecule has 0 bridgehead atoms. The molecule has 0 N–H and O–H groups in total. The third-order valence-corrected chi connectivity index (χ3v) is 2.02. The van der Waals surface area contributed by atoms with Gasteiger partial charge in [-0.05, 0) is 25.9 Å². The lowest BCUT2D eigenvalue weighted by atomic mass is 10.2. The highest BCUT2D eigenvalue weighted by Crippen LogP contribution is 2.05. The lowest BCUT2D eigenvalue weighted by Crippen LogP contribution is -2.33. The first kappa shape index (κ1) is 10.9. The van der Waals surface area contributed by atoms with Crippen LogP contribution in [0.5, 0.6) is 0 Å². The summed E-state index contributed by atoms with van der Waals surface area (Å²) in [5.41, 5.74) is 0. The second kappa shape index (κ2) is 6.62. The van der Waals surface area contributed by atoms with E-state index in [4.69, 9.17) is 0 Å². The Morgan fingerprint density at radius 1 is 1.18 bits per heavy atom. The van der Waals surface area contributed by atoms with Crippen molar-refractivity contribution in [3.05, 3.63) is 0 Å². The first-order valence-electron chi connectivity index (χ1n) is 4.66. The summed E-state index contributed by atoms with van der Waals surface area (Å²) in [5.74, 6) is 0. The minimum atomic E-state index is -0.468. The molecule has 0 aromatic rings. The van der Waals surface area contributed by atoms with Crippen LogP contribution in [0.1, 0.15) is 40.0 Å². The van der Waals surface area contributed by atoms with Gasteiger partial charge in [0, 0.05) is 0 Å². The Morgan fingerprint density at radius 2 is 1.73 bits per heavy atom. The fraction of sp³-hybridized carbons (Fsp3) is 1.00. The van der Waals surface area contributed by atoms with Gasteiger partial charge in [-0.2, -0.15) is 0 Å². The van der Waals surface area contributed by atoms with Gasteiger partial charge in [0.2, 0.25) is 0 Å². The topological polar surface area (TPSA) is 23.1 Å². The molecule has 0 aliphatic heterocycles. The van der Waals surface area contributed by atoms with Gasteiger partial charge in [0.25, 0.3) is 0 Å². The van der Waals surface area contributed by atoms with Crippen LogP contribution in [0.15, 0.2) is 0 Å². The van der Waals surface area contributed by atoms with Crippen molar-refractivity contribution in [3.8, 4) is 0 Å². The summed E-state index contributed by atoms with van der Waals surface area (Å²) in [6.07, 6.45) is 2.52. The molecule has 2 nitrogen and oxygen atoms in total. The van der Waals surface area contributed by atoms with E-state index in [9.17, 15) is 5.11 Å². The highest BCUT2D eigenvalue weighted by atomic mass is 16.3. The van der Waals surface area contributed by atoms with Gasteiger partial charge in [-0.15, -0.1) is 0 Å². The van der Waals surface area contributed by atoms with Gasteiger partial charge in [-0.1, -0.05) is 27.2 Å². The van der Waals surface area contributed by atoms with E-state index < -0.39 is 6.23 Å². The zero-order chi connectivity index (χ0) is 8.69. The molecule has 1 radical (unpaired) electrons. The zero-order valence-electron chi connectivity index (χ0n) is 7.97. The molecule has 0 saturated carbocycles. The molecule has 1 atom stereocenters. The maximum absolute atomic E-state index is 11.4.